The number of ether oxygens (including phenoxy) is 2. The zero-order valence-corrected chi connectivity index (χ0v) is 12.0. The topological polar surface area (TPSA) is 59.0 Å². The fraction of sp³-hybridized carbons (Fsp3) is 0.533. The summed E-state index contributed by atoms with van der Waals surface area (Å²) in [5, 5.41) is 9.51. The summed E-state index contributed by atoms with van der Waals surface area (Å²) < 4.78 is 11.0. The number of nitrogens with zero attached hydrogens (tertiary/aromatic N) is 1. The van der Waals surface area contributed by atoms with Crippen molar-refractivity contribution in [2.75, 3.05) is 26.3 Å². The number of aliphatic hydroxyl groups excluding tert-OH is 1. The monoisotopic (exact) mass is 279 g/mol. The Bertz CT molecular complexity index is 475. The number of benzene rings is 1. The van der Waals surface area contributed by atoms with Crippen LogP contribution in [0, 0.1) is 0 Å². The number of carbonyl (C=O) groups is 1. The van der Waals surface area contributed by atoms with E-state index in [1.807, 2.05) is 13.8 Å². The Morgan fingerprint density at radius 3 is 2.60 bits per heavy atom. The van der Waals surface area contributed by atoms with Gasteiger partial charge in [-0.2, -0.15) is 0 Å². The highest BCUT2D eigenvalue weighted by molar-refractivity contribution is 5.95. The van der Waals surface area contributed by atoms with Gasteiger partial charge in [-0.15, -0.1) is 0 Å². The molecule has 5 nitrogen and oxygen atoms in total. The summed E-state index contributed by atoms with van der Waals surface area (Å²) in [5.41, 5.74) is 0.561. The van der Waals surface area contributed by atoms with E-state index in [2.05, 4.69) is 0 Å². The van der Waals surface area contributed by atoms with Gasteiger partial charge in [0.2, 0.25) is 0 Å². The first kappa shape index (κ1) is 14.7. The summed E-state index contributed by atoms with van der Waals surface area (Å²) >= 11 is 0. The lowest BCUT2D eigenvalue weighted by molar-refractivity contribution is 0.0764. The molecule has 1 amide bonds. The number of rotatable bonds is 5. The molecule has 0 aliphatic carbocycles. The summed E-state index contributed by atoms with van der Waals surface area (Å²) in [6, 6.07) is 5.20. The van der Waals surface area contributed by atoms with Gasteiger partial charge in [-0.1, -0.05) is 0 Å². The van der Waals surface area contributed by atoms with E-state index < -0.39 is 6.10 Å². The van der Waals surface area contributed by atoms with Crippen molar-refractivity contribution in [3.8, 4) is 11.5 Å². The maximum absolute atomic E-state index is 12.3. The van der Waals surface area contributed by atoms with Gasteiger partial charge in [0.15, 0.2) is 11.5 Å². The summed E-state index contributed by atoms with van der Waals surface area (Å²) in [4.78, 5) is 14.0. The first-order valence-electron chi connectivity index (χ1n) is 7.02. The van der Waals surface area contributed by atoms with E-state index in [9.17, 15) is 9.90 Å². The van der Waals surface area contributed by atoms with Crippen LogP contribution in [0.4, 0.5) is 0 Å². The smallest absolute Gasteiger partial charge is 0.254 e. The number of hydrogen-bond acceptors (Lipinski definition) is 4. The van der Waals surface area contributed by atoms with E-state index in [4.69, 9.17) is 9.47 Å². The third-order valence-corrected chi connectivity index (χ3v) is 3.24. The Morgan fingerprint density at radius 1 is 1.30 bits per heavy atom. The second-order valence-corrected chi connectivity index (χ2v) is 4.72. The van der Waals surface area contributed by atoms with Crippen molar-refractivity contribution in [2.45, 2.75) is 26.4 Å². The van der Waals surface area contributed by atoms with Crippen LogP contribution in [0.3, 0.4) is 0 Å². The number of likely N-dealkylation sites (tertiary alicyclic amines) is 1. The molecule has 20 heavy (non-hydrogen) atoms. The molecule has 1 aromatic rings. The van der Waals surface area contributed by atoms with Crippen molar-refractivity contribution >= 4 is 5.91 Å². The van der Waals surface area contributed by atoms with Gasteiger partial charge >= 0.3 is 0 Å². The maximum Gasteiger partial charge on any atom is 0.254 e. The molecule has 1 aromatic carbocycles. The van der Waals surface area contributed by atoms with Gasteiger partial charge in [-0.25, -0.2) is 0 Å². The van der Waals surface area contributed by atoms with Crippen LogP contribution >= 0.6 is 0 Å². The van der Waals surface area contributed by atoms with Crippen molar-refractivity contribution in [3.63, 3.8) is 0 Å². The maximum atomic E-state index is 12.3. The molecular weight excluding hydrogens is 258 g/mol. The van der Waals surface area contributed by atoms with Gasteiger partial charge < -0.3 is 19.5 Å². The lowest BCUT2D eigenvalue weighted by atomic mass is 10.1. The molecule has 1 heterocycles. The van der Waals surface area contributed by atoms with E-state index in [1.54, 1.807) is 23.1 Å². The van der Waals surface area contributed by atoms with Gasteiger partial charge in [0.05, 0.1) is 19.3 Å². The van der Waals surface area contributed by atoms with E-state index in [0.717, 1.165) is 0 Å². The fourth-order valence-electron chi connectivity index (χ4n) is 2.29. The molecule has 1 aliphatic heterocycles. The quantitative estimate of drug-likeness (QED) is 0.891. The first-order valence-corrected chi connectivity index (χ1v) is 7.02. The molecule has 1 aliphatic rings. The zero-order chi connectivity index (χ0) is 14.5. The molecule has 0 spiro atoms. The predicted octanol–water partition coefficient (Wildman–Crippen LogP) is 1.69. The van der Waals surface area contributed by atoms with Crippen LogP contribution in [-0.2, 0) is 0 Å². The highest BCUT2D eigenvalue weighted by Crippen LogP contribution is 2.29. The first-order chi connectivity index (χ1) is 9.65. The Morgan fingerprint density at radius 2 is 2.00 bits per heavy atom. The highest BCUT2D eigenvalue weighted by Gasteiger charge is 2.26. The third kappa shape index (κ3) is 3.22. The second kappa shape index (κ2) is 6.61. The van der Waals surface area contributed by atoms with Crippen molar-refractivity contribution in [1.29, 1.82) is 0 Å². The molecule has 110 valence electrons. The second-order valence-electron chi connectivity index (χ2n) is 4.72. The zero-order valence-electron chi connectivity index (χ0n) is 12.0. The normalized spacial score (nSPS) is 18.1. The van der Waals surface area contributed by atoms with Crippen LogP contribution in [0.15, 0.2) is 18.2 Å². The minimum absolute atomic E-state index is 0.0782. The van der Waals surface area contributed by atoms with E-state index in [-0.39, 0.29) is 5.91 Å². The van der Waals surface area contributed by atoms with Crippen LogP contribution in [-0.4, -0.2) is 48.3 Å². The summed E-state index contributed by atoms with van der Waals surface area (Å²) in [5.74, 6) is 1.15. The van der Waals surface area contributed by atoms with Crippen molar-refractivity contribution in [2.24, 2.45) is 0 Å². The lowest BCUT2D eigenvalue weighted by Crippen LogP contribution is -2.29. The summed E-state index contributed by atoms with van der Waals surface area (Å²) in [7, 11) is 0. The van der Waals surface area contributed by atoms with Crippen molar-refractivity contribution in [3.05, 3.63) is 23.8 Å². The molecule has 0 aromatic heterocycles. The summed E-state index contributed by atoms with van der Waals surface area (Å²) in [6.07, 6.45) is 0.231. The standard InChI is InChI=1S/C15H21NO4/c1-3-19-13-6-5-11(9-14(13)20-4-2)15(18)16-8-7-12(17)10-16/h5-6,9,12,17H,3-4,7-8,10H2,1-2H3/t12-/m0/s1. The van der Waals surface area contributed by atoms with Gasteiger partial charge in [0.1, 0.15) is 0 Å². The molecule has 0 saturated carbocycles. The molecule has 1 fully saturated rings. The van der Waals surface area contributed by atoms with Crippen molar-refractivity contribution in [1.82, 2.24) is 4.90 Å². The lowest BCUT2D eigenvalue weighted by Gasteiger charge is -2.17. The molecule has 1 N–H and O–H groups in total. The van der Waals surface area contributed by atoms with Gasteiger partial charge in [0.25, 0.3) is 5.91 Å². The van der Waals surface area contributed by atoms with Crippen LogP contribution in [0.2, 0.25) is 0 Å². The predicted molar refractivity (Wildman–Crippen MR) is 75.3 cm³/mol. The molecule has 1 saturated heterocycles. The molecular formula is C15H21NO4. The van der Waals surface area contributed by atoms with E-state index >= 15 is 0 Å². The number of hydrogen-bond donors (Lipinski definition) is 1. The van der Waals surface area contributed by atoms with Crippen LogP contribution < -0.4 is 9.47 Å². The number of β-amino-alcohol motifs (C(OH)–C–C–N with tert-alkyl or cyclic N) is 1. The Balaban J connectivity index is 2.19. The molecule has 2 rings (SSSR count). The minimum atomic E-state index is -0.409. The summed E-state index contributed by atoms with van der Waals surface area (Å²) in [6.45, 7) is 5.85. The largest absolute Gasteiger partial charge is 0.490 e. The van der Waals surface area contributed by atoms with Gasteiger partial charge in [-0.05, 0) is 38.5 Å². The number of carbonyl (C=O) groups excluding carboxylic acids is 1. The molecule has 1 atom stereocenters. The number of aliphatic hydroxyl groups is 1. The fourth-order valence-corrected chi connectivity index (χ4v) is 2.29. The highest BCUT2D eigenvalue weighted by atomic mass is 16.5. The van der Waals surface area contributed by atoms with Gasteiger partial charge in [0, 0.05) is 18.7 Å². The van der Waals surface area contributed by atoms with Crippen molar-refractivity contribution < 1.29 is 19.4 Å². The Labute approximate surface area is 119 Å². The van der Waals surface area contributed by atoms with Crippen LogP contribution in [0.1, 0.15) is 30.6 Å². The average Bonchev–Trinajstić information content (AvgIpc) is 2.87. The van der Waals surface area contributed by atoms with Crippen LogP contribution in [0.25, 0.3) is 0 Å². The average molecular weight is 279 g/mol. The third-order valence-electron chi connectivity index (χ3n) is 3.24. The number of amides is 1. The van der Waals surface area contributed by atoms with Gasteiger partial charge in [-0.3, -0.25) is 4.79 Å². The SMILES string of the molecule is CCOc1ccc(C(=O)N2CC[C@H](O)C2)cc1OCC. The van der Waals surface area contributed by atoms with E-state index in [0.29, 0.717) is 49.8 Å². The van der Waals surface area contributed by atoms with Crippen LogP contribution in [0.5, 0.6) is 11.5 Å². The minimum Gasteiger partial charge on any atom is -0.490 e. The molecule has 0 unspecified atom stereocenters. The molecule has 5 heteroatoms. The van der Waals surface area contributed by atoms with E-state index in [1.165, 1.54) is 0 Å². The Hall–Kier alpha value is -1.75. The molecule has 0 radical (unpaired) electrons. The molecule has 0 bridgehead atoms. The Kier molecular flexibility index (Phi) is 4.84.